The lowest BCUT2D eigenvalue weighted by Gasteiger charge is -2.06. The first kappa shape index (κ1) is 13.7. The Morgan fingerprint density at radius 3 is 2.71 bits per heavy atom. The summed E-state index contributed by atoms with van der Waals surface area (Å²) in [5.74, 6) is -1.27. The highest BCUT2D eigenvalue weighted by Crippen LogP contribution is 2.11. The smallest absolute Gasteiger partial charge is 0.303 e. The van der Waals surface area contributed by atoms with Crippen molar-refractivity contribution < 1.29 is 18.3 Å². The summed E-state index contributed by atoms with van der Waals surface area (Å²) in [6.07, 6.45) is 1.17. The predicted octanol–water partition coefficient (Wildman–Crippen LogP) is 1.34. The number of anilines is 1. The van der Waals surface area contributed by atoms with Crippen LogP contribution >= 0.6 is 11.6 Å². The number of hydrogen-bond acceptors (Lipinski definition) is 4. The van der Waals surface area contributed by atoms with Gasteiger partial charge in [-0.2, -0.15) is 0 Å². The Labute approximate surface area is 104 Å². The zero-order valence-corrected chi connectivity index (χ0v) is 10.3. The monoisotopic (exact) mass is 278 g/mol. The third-order valence-corrected chi connectivity index (χ3v) is 3.40. The second kappa shape index (κ2) is 5.83. The predicted molar refractivity (Wildman–Crippen MR) is 63.5 cm³/mol. The first-order valence-corrected chi connectivity index (χ1v) is 6.76. The molecule has 0 saturated heterocycles. The number of carboxylic acids is 1. The van der Waals surface area contributed by atoms with Gasteiger partial charge >= 0.3 is 5.97 Å². The quantitative estimate of drug-likeness (QED) is 0.766. The molecule has 1 rings (SSSR count). The molecule has 2 N–H and O–H groups in total. The van der Waals surface area contributed by atoms with Crippen LogP contribution < -0.4 is 4.72 Å². The summed E-state index contributed by atoms with van der Waals surface area (Å²) < 4.78 is 25.3. The molecule has 0 atom stereocenters. The Bertz CT molecular complexity index is 486. The molecule has 0 radical (unpaired) electrons. The van der Waals surface area contributed by atoms with Gasteiger partial charge in [0.25, 0.3) is 0 Å². The van der Waals surface area contributed by atoms with Crippen LogP contribution in [0, 0.1) is 0 Å². The molecule has 1 heterocycles. The molecule has 17 heavy (non-hydrogen) atoms. The molecule has 6 nitrogen and oxygen atoms in total. The van der Waals surface area contributed by atoms with Gasteiger partial charge < -0.3 is 5.11 Å². The van der Waals surface area contributed by atoms with E-state index < -0.39 is 16.0 Å². The molecule has 0 aliphatic heterocycles. The number of aromatic nitrogens is 1. The molecule has 0 unspecified atom stereocenters. The second-order valence-electron chi connectivity index (χ2n) is 3.29. The number of hydrogen-bond donors (Lipinski definition) is 2. The fraction of sp³-hybridized carbons (Fsp3) is 0.333. The van der Waals surface area contributed by atoms with E-state index in [2.05, 4.69) is 9.71 Å². The number of nitrogens with one attached hydrogen (secondary N) is 1. The highest BCUT2D eigenvalue weighted by Gasteiger charge is 2.11. The van der Waals surface area contributed by atoms with Crippen LogP contribution in [-0.4, -0.2) is 30.2 Å². The van der Waals surface area contributed by atoms with Crippen molar-refractivity contribution in [3.05, 3.63) is 23.5 Å². The van der Waals surface area contributed by atoms with Gasteiger partial charge in [-0.1, -0.05) is 11.6 Å². The van der Waals surface area contributed by atoms with Crippen LogP contribution in [0.1, 0.15) is 12.8 Å². The van der Waals surface area contributed by atoms with Gasteiger partial charge in [0.1, 0.15) is 5.15 Å². The van der Waals surface area contributed by atoms with E-state index in [0.29, 0.717) is 5.69 Å². The van der Waals surface area contributed by atoms with Crippen LogP contribution in [0.3, 0.4) is 0 Å². The highest BCUT2D eigenvalue weighted by atomic mass is 35.5. The lowest BCUT2D eigenvalue weighted by Crippen LogP contribution is -2.17. The summed E-state index contributed by atoms with van der Waals surface area (Å²) in [6.45, 7) is 0. The van der Waals surface area contributed by atoms with Crippen LogP contribution in [0.25, 0.3) is 0 Å². The minimum atomic E-state index is -3.54. The lowest BCUT2D eigenvalue weighted by atomic mass is 10.3. The zero-order chi connectivity index (χ0) is 12.9. The van der Waals surface area contributed by atoms with Gasteiger partial charge in [-0.25, -0.2) is 13.4 Å². The normalized spacial score (nSPS) is 11.1. The van der Waals surface area contributed by atoms with E-state index in [9.17, 15) is 13.2 Å². The van der Waals surface area contributed by atoms with Gasteiger partial charge in [-0.3, -0.25) is 9.52 Å². The van der Waals surface area contributed by atoms with Gasteiger partial charge in [0.2, 0.25) is 10.0 Å². The van der Waals surface area contributed by atoms with Crippen molar-refractivity contribution in [2.75, 3.05) is 10.5 Å². The SMILES string of the molecule is O=C(O)CCCS(=O)(=O)Nc1ccc(Cl)nc1. The maximum absolute atomic E-state index is 11.5. The van der Waals surface area contributed by atoms with Crippen LogP contribution in [0.4, 0.5) is 5.69 Å². The number of sulfonamides is 1. The Morgan fingerprint density at radius 2 is 2.18 bits per heavy atom. The molecular weight excluding hydrogens is 268 g/mol. The van der Waals surface area contributed by atoms with Crippen LogP contribution in [0.5, 0.6) is 0 Å². The third-order valence-electron chi connectivity index (χ3n) is 1.80. The van der Waals surface area contributed by atoms with E-state index in [1.807, 2.05) is 0 Å². The molecule has 94 valence electrons. The molecule has 0 bridgehead atoms. The van der Waals surface area contributed by atoms with Crippen LogP contribution in [0.15, 0.2) is 18.3 Å². The number of rotatable bonds is 6. The van der Waals surface area contributed by atoms with Crippen molar-refractivity contribution >= 4 is 33.3 Å². The molecule has 0 fully saturated rings. The number of nitrogens with zero attached hydrogens (tertiary/aromatic N) is 1. The van der Waals surface area contributed by atoms with Crippen molar-refractivity contribution in [1.82, 2.24) is 4.98 Å². The van der Waals surface area contributed by atoms with Gasteiger partial charge in [0.05, 0.1) is 17.6 Å². The van der Waals surface area contributed by atoms with E-state index in [0.717, 1.165) is 0 Å². The Balaban J connectivity index is 2.54. The molecule has 0 aromatic carbocycles. The fourth-order valence-electron chi connectivity index (χ4n) is 1.08. The van der Waals surface area contributed by atoms with Crippen molar-refractivity contribution in [2.45, 2.75) is 12.8 Å². The van der Waals surface area contributed by atoms with E-state index in [1.165, 1.54) is 18.3 Å². The summed E-state index contributed by atoms with van der Waals surface area (Å²) in [6, 6.07) is 2.93. The molecule has 1 aromatic rings. The van der Waals surface area contributed by atoms with Gasteiger partial charge in [0.15, 0.2) is 0 Å². The summed E-state index contributed by atoms with van der Waals surface area (Å²) in [5.41, 5.74) is 0.296. The third kappa shape index (κ3) is 5.50. The molecule has 8 heteroatoms. The number of carbonyl (C=O) groups is 1. The minimum Gasteiger partial charge on any atom is -0.481 e. The van der Waals surface area contributed by atoms with Gasteiger partial charge in [-0.15, -0.1) is 0 Å². The number of halogens is 1. The lowest BCUT2D eigenvalue weighted by molar-refractivity contribution is -0.137. The van der Waals surface area contributed by atoms with E-state index >= 15 is 0 Å². The number of pyridine rings is 1. The largest absolute Gasteiger partial charge is 0.481 e. The Morgan fingerprint density at radius 1 is 1.47 bits per heavy atom. The first-order valence-electron chi connectivity index (χ1n) is 4.73. The maximum Gasteiger partial charge on any atom is 0.303 e. The van der Waals surface area contributed by atoms with E-state index in [4.69, 9.17) is 16.7 Å². The summed E-state index contributed by atoms with van der Waals surface area (Å²) in [5, 5.41) is 8.65. The standard InChI is InChI=1S/C9H11ClN2O4S/c10-8-4-3-7(6-11-8)12-17(15,16)5-1-2-9(13)14/h3-4,6,12H,1-2,5H2,(H,13,14). The number of aliphatic carboxylic acids is 1. The minimum absolute atomic E-state index is 0.0612. The Hall–Kier alpha value is -1.34. The molecule has 0 amide bonds. The highest BCUT2D eigenvalue weighted by molar-refractivity contribution is 7.92. The van der Waals surface area contributed by atoms with Gasteiger partial charge in [0, 0.05) is 6.42 Å². The average molecular weight is 279 g/mol. The molecule has 0 aliphatic rings. The van der Waals surface area contributed by atoms with Crippen molar-refractivity contribution in [3.8, 4) is 0 Å². The zero-order valence-electron chi connectivity index (χ0n) is 8.76. The van der Waals surface area contributed by atoms with Gasteiger partial charge in [-0.05, 0) is 18.6 Å². The fourth-order valence-corrected chi connectivity index (χ4v) is 2.30. The molecular formula is C9H11ClN2O4S. The molecule has 1 aromatic heterocycles. The van der Waals surface area contributed by atoms with E-state index in [1.54, 1.807) is 0 Å². The molecule has 0 aliphatic carbocycles. The molecule has 0 spiro atoms. The molecule has 0 saturated carbocycles. The maximum atomic E-state index is 11.5. The van der Waals surface area contributed by atoms with Crippen LogP contribution in [-0.2, 0) is 14.8 Å². The van der Waals surface area contributed by atoms with Crippen molar-refractivity contribution in [1.29, 1.82) is 0 Å². The van der Waals surface area contributed by atoms with E-state index in [-0.39, 0.29) is 23.7 Å². The number of carboxylic acid groups (broad SMARTS) is 1. The van der Waals surface area contributed by atoms with Crippen LogP contribution in [0.2, 0.25) is 5.15 Å². The summed E-state index contributed by atoms with van der Waals surface area (Å²) >= 11 is 5.55. The summed E-state index contributed by atoms with van der Waals surface area (Å²) in [7, 11) is -3.54. The summed E-state index contributed by atoms with van der Waals surface area (Å²) in [4.78, 5) is 14.0. The Kier molecular flexibility index (Phi) is 4.71. The average Bonchev–Trinajstić information content (AvgIpc) is 2.20. The van der Waals surface area contributed by atoms with Crippen molar-refractivity contribution in [3.63, 3.8) is 0 Å². The van der Waals surface area contributed by atoms with Crippen molar-refractivity contribution in [2.24, 2.45) is 0 Å². The topological polar surface area (TPSA) is 96.4 Å². The first-order chi connectivity index (χ1) is 7.89. The second-order valence-corrected chi connectivity index (χ2v) is 5.52.